The average molecular weight is 210 g/mol. The highest BCUT2D eigenvalue weighted by molar-refractivity contribution is 7.99. The number of ether oxygens (including phenoxy) is 1. The van der Waals surface area contributed by atoms with Gasteiger partial charge in [-0.3, -0.25) is 4.79 Å². The van der Waals surface area contributed by atoms with Crippen LogP contribution in [0.25, 0.3) is 0 Å². The van der Waals surface area contributed by atoms with Crippen LogP contribution in [0, 0.1) is 5.41 Å². The Balaban J connectivity index is 2.26. The Kier molecular flexibility index (Phi) is 3.53. The van der Waals surface area contributed by atoms with Gasteiger partial charge < -0.3 is 4.74 Å². The number of thioether (sulfide) groups is 1. The second-order valence-electron chi connectivity index (χ2n) is 3.32. The summed E-state index contributed by atoms with van der Waals surface area (Å²) in [6.45, 7) is 0. The molecule has 1 fully saturated rings. The number of hydrogen-bond donors (Lipinski definition) is 0. The third-order valence-corrected chi connectivity index (χ3v) is 3.25. The molecule has 76 valence electrons. The van der Waals surface area contributed by atoms with E-state index in [-0.39, 0.29) is 17.8 Å². The molecule has 0 spiro atoms. The van der Waals surface area contributed by atoms with Crippen molar-refractivity contribution in [1.82, 2.24) is 0 Å². The van der Waals surface area contributed by atoms with Crippen LogP contribution in [-0.4, -0.2) is 24.6 Å². The zero-order chi connectivity index (χ0) is 9.90. The van der Waals surface area contributed by atoms with E-state index in [2.05, 4.69) is 4.74 Å². The summed E-state index contributed by atoms with van der Waals surface area (Å²) in [7, 11) is 1.32. The van der Waals surface area contributed by atoms with Crippen molar-refractivity contribution < 1.29 is 18.3 Å². The minimum Gasteiger partial charge on any atom is -0.469 e. The van der Waals surface area contributed by atoms with Crippen LogP contribution in [0.5, 0.6) is 0 Å². The minimum atomic E-state index is -2.34. The van der Waals surface area contributed by atoms with Gasteiger partial charge >= 0.3 is 5.97 Å². The van der Waals surface area contributed by atoms with Gasteiger partial charge in [0, 0.05) is 5.75 Å². The van der Waals surface area contributed by atoms with Crippen LogP contribution in [0.3, 0.4) is 0 Å². The first-order chi connectivity index (χ1) is 6.08. The molecule has 0 atom stereocenters. The van der Waals surface area contributed by atoms with Crippen molar-refractivity contribution in [3.63, 3.8) is 0 Å². The summed E-state index contributed by atoms with van der Waals surface area (Å²) in [5, 5.41) is 0. The lowest BCUT2D eigenvalue weighted by Crippen LogP contribution is -2.13. The number of alkyl halides is 2. The van der Waals surface area contributed by atoms with Gasteiger partial charge in [0.1, 0.15) is 0 Å². The number of hydrogen-bond acceptors (Lipinski definition) is 3. The van der Waals surface area contributed by atoms with Gasteiger partial charge in [0.2, 0.25) is 0 Å². The number of carbonyl (C=O) groups excluding carboxylic acids is 1. The monoisotopic (exact) mass is 210 g/mol. The molecule has 0 aromatic carbocycles. The molecule has 1 aliphatic carbocycles. The van der Waals surface area contributed by atoms with Gasteiger partial charge in [-0.1, -0.05) is 11.8 Å². The molecule has 0 unspecified atom stereocenters. The summed E-state index contributed by atoms with van der Waals surface area (Å²) in [6, 6.07) is 0. The second kappa shape index (κ2) is 4.26. The highest BCUT2D eigenvalue weighted by atomic mass is 32.2. The molecule has 2 nitrogen and oxygen atoms in total. The molecule has 0 aliphatic heterocycles. The molecule has 0 amide bonds. The highest BCUT2D eigenvalue weighted by Gasteiger charge is 2.45. The van der Waals surface area contributed by atoms with Crippen molar-refractivity contribution in [3.8, 4) is 0 Å². The van der Waals surface area contributed by atoms with Crippen molar-refractivity contribution in [1.29, 1.82) is 0 Å². The van der Waals surface area contributed by atoms with Crippen LogP contribution in [0.4, 0.5) is 8.78 Å². The fraction of sp³-hybridized carbons (Fsp3) is 0.875. The summed E-state index contributed by atoms with van der Waals surface area (Å²) in [6.07, 6.45) is 2.01. The van der Waals surface area contributed by atoms with Crippen molar-refractivity contribution in [2.24, 2.45) is 5.41 Å². The summed E-state index contributed by atoms with van der Waals surface area (Å²) in [5.41, 5.74) is -0.186. The number of esters is 1. The van der Waals surface area contributed by atoms with Crippen molar-refractivity contribution in [2.75, 3.05) is 12.9 Å². The minimum absolute atomic E-state index is 0.186. The Morgan fingerprint density at radius 1 is 1.62 bits per heavy atom. The maximum absolute atomic E-state index is 11.9. The molecule has 0 aromatic rings. The molecule has 13 heavy (non-hydrogen) atoms. The normalized spacial score (nSPS) is 18.8. The SMILES string of the molecule is COC(=O)CC1(CSC(F)F)CC1. The quantitative estimate of drug-likeness (QED) is 0.651. The van der Waals surface area contributed by atoms with Crippen LogP contribution < -0.4 is 0 Å². The lowest BCUT2D eigenvalue weighted by molar-refractivity contribution is -0.141. The zero-order valence-electron chi connectivity index (χ0n) is 7.39. The largest absolute Gasteiger partial charge is 0.469 e. The molecular weight excluding hydrogens is 198 g/mol. The Morgan fingerprint density at radius 2 is 2.23 bits per heavy atom. The van der Waals surface area contributed by atoms with Gasteiger partial charge in [-0.25, -0.2) is 0 Å². The highest BCUT2D eigenvalue weighted by Crippen LogP contribution is 2.51. The van der Waals surface area contributed by atoms with Gasteiger partial charge in [-0.15, -0.1) is 0 Å². The summed E-state index contributed by atoms with van der Waals surface area (Å²) in [4.78, 5) is 10.9. The van der Waals surface area contributed by atoms with Crippen LogP contribution in [-0.2, 0) is 9.53 Å². The summed E-state index contributed by atoms with van der Waals surface area (Å²) >= 11 is 0.612. The molecule has 0 N–H and O–H groups in total. The number of carbonyl (C=O) groups is 1. The standard InChI is InChI=1S/C8H12F2O2S/c1-12-6(11)4-8(2-3-8)5-13-7(9)10/h7H,2-5H2,1H3. The molecule has 0 aromatic heterocycles. The first-order valence-electron chi connectivity index (χ1n) is 4.05. The van der Waals surface area contributed by atoms with Gasteiger partial charge in [-0.2, -0.15) is 8.78 Å². The maximum Gasteiger partial charge on any atom is 0.306 e. The first-order valence-corrected chi connectivity index (χ1v) is 5.09. The molecule has 0 bridgehead atoms. The molecule has 0 radical (unpaired) electrons. The maximum atomic E-state index is 11.9. The van der Waals surface area contributed by atoms with E-state index in [0.717, 1.165) is 12.8 Å². The van der Waals surface area contributed by atoms with E-state index in [4.69, 9.17) is 0 Å². The molecular formula is C8H12F2O2S. The number of methoxy groups -OCH3 is 1. The Bertz CT molecular complexity index is 193. The third-order valence-electron chi connectivity index (χ3n) is 2.22. The van der Waals surface area contributed by atoms with E-state index in [9.17, 15) is 13.6 Å². The summed E-state index contributed by atoms with van der Waals surface area (Å²) < 4.78 is 28.2. The average Bonchev–Trinajstić information content (AvgIpc) is 2.82. The van der Waals surface area contributed by atoms with Crippen LogP contribution >= 0.6 is 11.8 Å². The van der Waals surface area contributed by atoms with Gasteiger partial charge in [0.15, 0.2) is 0 Å². The van der Waals surface area contributed by atoms with Gasteiger partial charge in [0.05, 0.1) is 13.5 Å². The van der Waals surface area contributed by atoms with Crippen LogP contribution in [0.2, 0.25) is 0 Å². The molecule has 1 rings (SSSR count). The van der Waals surface area contributed by atoms with E-state index < -0.39 is 5.76 Å². The van der Waals surface area contributed by atoms with Gasteiger partial charge in [-0.05, 0) is 18.3 Å². The third kappa shape index (κ3) is 3.50. The van der Waals surface area contributed by atoms with Crippen molar-refractivity contribution >= 4 is 17.7 Å². The van der Waals surface area contributed by atoms with E-state index in [1.165, 1.54) is 7.11 Å². The summed E-state index contributed by atoms with van der Waals surface area (Å²) in [5.74, 6) is -2.28. The predicted molar refractivity (Wildman–Crippen MR) is 46.8 cm³/mol. The van der Waals surface area contributed by atoms with Crippen molar-refractivity contribution in [2.45, 2.75) is 25.0 Å². The molecule has 0 saturated heterocycles. The van der Waals surface area contributed by atoms with E-state index >= 15 is 0 Å². The zero-order valence-corrected chi connectivity index (χ0v) is 8.20. The molecule has 5 heteroatoms. The number of rotatable bonds is 5. The molecule has 1 saturated carbocycles. The Hall–Kier alpha value is -0.320. The van der Waals surface area contributed by atoms with Crippen molar-refractivity contribution in [3.05, 3.63) is 0 Å². The topological polar surface area (TPSA) is 26.3 Å². The Morgan fingerprint density at radius 3 is 2.62 bits per heavy atom. The fourth-order valence-electron chi connectivity index (χ4n) is 1.17. The lowest BCUT2D eigenvalue weighted by Gasteiger charge is -2.11. The fourth-order valence-corrected chi connectivity index (χ4v) is 2.04. The molecule has 0 heterocycles. The smallest absolute Gasteiger partial charge is 0.306 e. The van der Waals surface area contributed by atoms with E-state index in [1.54, 1.807) is 0 Å². The lowest BCUT2D eigenvalue weighted by atomic mass is 10.1. The van der Waals surface area contributed by atoms with E-state index in [1.807, 2.05) is 0 Å². The first kappa shape index (κ1) is 10.8. The predicted octanol–water partition coefficient (Wildman–Crippen LogP) is 2.29. The van der Waals surface area contributed by atoms with Crippen LogP contribution in [0.1, 0.15) is 19.3 Å². The van der Waals surface area contributed by atoms with Gasteiger partial charge in [0.25, 0.3) is 5.76 Å². The Labute approximate surface area is 80.0 Å². The number of halogens is 2. The molecule has 1 aliphatic rings. The second-order valence-corrected chi connectivity index (χ2v) is 4.30. The van der Waals surface area contributed by atoms with E-state index in [0.29, 0.717) is 17.5 Å². The van der Waals surface area contributed by atoms with Crippen LogP contribution in [0.15, 0.2) is 0 Å².